The fourth-order valence-corrected chi connectivity index (χ4v) is 3.59. The van der Waals surface area contributed by atoms with E-state index >= 15 is 0 Å². The molecule has 0 spiro atoms. The Morgan fingerprint density at radius 2 is 1.64 bits per heavy atom. The smallest absolute Gasteiger partial charge is 0.226 e. The van der Waals surface area contributed by atoms with Crippen molar-refractivity contribution in [3.8, 4) is 22.9 Å². The van der Waals surface area contributed by atoms with Gasteiger partial charge in [0.25, 0.3) is 0 Å². The van der Waals surface area contributed by atoms with Crippen LogP contribution in [0.4, 0.5) is 5.82 Å². The Kier molecular flexibility index (Phi) is 4.65. The minimum Gasteiger partial charge on any atom is -0.496 e. The number of ether oxygens (including phenoxy) is 3. The molecule has 2 aromatic carbocycles. The van der Waals surface area contributed by atoms with Crippen LogP contribution in [-0.4, -0.2) is 37.0 Å². The molecule has 28 heavy (non-hydrogen) atoms. The summed E-state index contributed by atoms with van der Waals surface area (Å²) >= 11 is 0. The maximum Gasteiger partial charge on any atom is 0.226 e. The van der Waals surface area contributed by atoms with Crippen LogP contribution in [0.5, 0.6) is 17.2 Å². The highest BCUT2D eigenvalue weighted by molar-refractivity contribution is 5.94. The Morgan fingerprint density at radius 1 is 0.964 bits per heavy atom. The zero-order valence-corrected chi connectivity index (χ0v) is 15.9. The first-order valence-corrected chi connectivity index (χ1v) is 8.89. The van der Waals surface area contributed by atoms with Crippen LogP contribution in [0.2, 0.25) is 0 Å². The number of aromatic nitrogens is 2. The molecule has 0 fully saturated rings. The summed E-state index contributed by atoms with van der Waals surface area (Å²) in [5, 5.41) is 7.48. The molecule has 1 amide bonds. The van der Waals surface area contributed by atoms with Gasteiger partial charge in [-0.2, -0.15) is 5.10 Å². The van der Waals surface area contributed by atoms with E-state index in [0.717, 1.165) is 16.8 Å². The van der Waals surface area contributed by atoms with Crippen LogP contribution < -0.4 is 19.5 Å². The van der Waals surface area contributed by atoms with Crippen molar-refractivity contribution in [1.82, 2.24) is 9.78 Å². The molecular weight excluding hydrogens is 358 g/mol. The van der Waals surface area contributed by atoms with Crippen molar-refractivity contribution in [1.29, 1.82) is 0 Å². The van der Waals surface area contributed by atoms with Crippen molar-refractivity contribution >= 4 is 11.7 Å². The fourth-order valence-electron chi connectivity index (χ4n) is 3.59. The van der Waals surface area contributed by atoms with E-state index in [0.29, 0.717) is 29.5 Å². The third kappa shape index (κ3) is 2.94. The number of carbonyl (C=O) groups excluding carboxylic acids is 1. The second-order valence-electron chi connectivity index (χ2n) is 6.45. The number of amides is 1. The fraction of sp³-hybridized carbons (Fsp3) is 0.238. The molecular formula is C21H21N3O4. The third-order valence-electron chi connectivity index (χ3n) is 4.93. The van der Waals surface area contributed by atoms with E-state index in [1.54, 1.807) is 38.3 Å². The van der Waals surface area contributed by atoms with Crippen molar-refractivity contribution in [3.63, 3.8) is 0 Å². The lowest BCUT2D eigenvalue weighted by Crippen LogP contribution is -2.25. The maximum atomic E-state index is 12.5. The number of hydrogen-bond acceptors (Lipinski definition) is 5. The number of hydrogen-bond donors (Lipinski definition) is 1. The van der Waals surface area contributed by atoms with Crippen molar-refractivity contribution in [2.45, 2.75) is 12.3 Å². The number of carbonyl (C=O) groups is 1. The van der Waals surface area contributed by atoms with E-state index in [-0.39, 0.29) is 11.8 Å². The number of nitrogens with one attached hydrogen (secondary N) is 1. The largest absolute Gasteiger partial charge is 0.496 e. The van der Waals surface area contributed by atoms with E-state index in [4.69, 9.17) is 14.2 Å². The quantitative estimate of drug-likeness (QED) is 0.736. The summed E-state index contributed by atoms with van der Waals surface area (Å²) in [6.45, 7) is 0. The monoisotopic (exact) mass is 379 g/mol. The first-order chi connectivity index (χ1) is 13.7. The number of methoxy groups -OCH3 is 3. The summed E-state index contributed by atoms with van der Waals surface area (Å²) in [4.78, 5) is 12.5. The predicted molar refractivity (Wildman–Crippen MR) is 105 cm³/mol. The number of benzene rings is 2. The van der Waals surface area contributed by atoms with Gasteiger partial charge in [0.15, 0.2) is 11.5 Å². The summed E-state index contributed by atoms with van der Waals surface area (Å²) in [5.74, 6) is 2.17. The van der Waals surface area contributed by atoms with Gasteiger partial charge in [-0.25, -0.2) is 4.68 Å². The molecule has 1 atom stereocenters. The molecule has 1 unspecified atom stereocenters. The van der Waals surface area contributed by atoms with E-state index < -0.39 is 0 Å². The Hall–Kier alpha value is -3.48. The normalized spacial score (nSPS) is 15.5. The SMILES string of the molecule is COc1cc(OC)c(C2CC(=O)Nc3c2cnn3-c2ccccc2)cc1OC. The number of fused-ring (bicyclic) bond motifs is 1. The highest BCUT2D eigenvalue weighted by Gasteiger charge is 2.33. The number of nitrogens with zero attached hydrogens (tertiary/aromatic N) is 2. The van der Waals surface area contributed by atoms with Gasteiger partial charge in [0.1, 0.15) is 11.6 Å². The summed E-state index contributed by atoms with van der Waals surface area (Å²) in [7, 11) is 4.76. The van der Waals surface area contributed by atoms with Crippen LogP contribution in [0, 0.1) is 0 Å². The Balaban J connectivity index is 1.86. The molecule has 0 saturated carbocycles. The zero-order valence-electron chi connectivity index (χ0n) is 15.9. The predicted octanol–water partition coefficient (Wildman–Crippen LogP) is 3.37. The molecule has 144 valence electrons. The number of rotatable bonds is 5. The van der Waals surface area contributed by atoms with Gasteiger partial charge < -0.3 is 19.5 Å². The van der Waals surface area contributed by atoms with Crippen LogP contribution in [0.15, 0.2) is 48.7 Å². The van der Waals surface area contributed by atoms with Gasteiger partial charge in [-0.05, 0) is 18.2 Å². The molecule has 7 nitrogen and oxygen atoms in total. The molecule has 1 aliphatic rings. The van der Waals surface area contributed by atoms with Crippen LogP contribution in [0.3, 0.4) is 0 Å². The lowest BCUT2D eigenvalue weighted by molar-refractivity contribution is -0.116. The molecule has 0 aliphatic carbocycles. The average molecular weight is 379 g/mol. The molecule has 3 aromatic rings. The van der Waals surface area contributed by atoms with Gasteiger partial charge in [0, 0.05) is 29.5 Å². The minimum atomic E-state index is -0.212. The molecule has 1 N–H and O–H groups in total. The molecule has 4 rings (SSSR count). The van der Waals surface area contributed by atoms with E-state index in [1.165, 1.54) is 0 Å². The van der Waals surface area contributed by atoms with Crippen LogP contribution in [-0.2, 0) is 4.79 Å². The first-order valence-electron chi connectivity index (χ1n) is 8.89. The van der Waals surface area contributed by atoms with Crippen LogP contribution >= 0.6 is 0 Å². The van der Waals surface area contributed by atoms with Gasteiger partial charge in [0.05, 0.1) is 33.2 Å². The number of para-hydroxylation sites is 1. The Bertz CT molecular complexity index is 1010. The van der Waals surface area contributed by atoms with Crippen LogP contribution in [0.25, 0.3) is 5.69 Å². The van der Waals surface area contributed by atoms with Crippen molar-refractivity contribution in [2.24, 2.45) is 0 Å². The van der Waals surface area contributed by atoms with Gasteiger partial charge in [-0.15, -0.1) is 0 Å². The van der Waals surface area contributed by atoms with Crippen LogP contribution in [0.1, 0.15) is 23.5 Å². The molecule has 0 bridgehead atoms. The molecule has 0 radical (unpaired) electrons. The minimum absolute atomic E-state index is 0.0768. The van der Waals surface area contributed by atoms with Gasteiger partial charge in [-0.3, -0.25) is 4.79 Å². The highest BCUT2D eigenvalue weighted by Crippen LogP contribution is 2.45. The lowest BCUT2D eigenvalue weighted by atomic mass is 9.86. The summed E-state index contributed by atoms with van der Waals surface area (Å²) in [5.41, 5.74) is 2.65. The summed E-state index contributed by atoms with van der Waals surface area (Å²) in [6.07, 6.45) is 2.09. The topological polar surface area (TPSA) is 74.6 Å². The third-order valence-corrected chi connectivity index (χ3v) is 4.93. The highest BCUT2D eigenvalue weighted by atomic mass is 16.5. The average Bonchev–Trinajstić information content (AvgIpc) is 3.16. The van der Waals surface area contributed by atoms with Crippen molar-refractivity contribution in [2.75, 3.05) is 26.6 Å². The van der Waals surface area contributed by atoms with E-state index in [9.17, 15) is 4.79 Å². The standard InChI is InChI=1S/C21H21N3O4/c1-26-17-11-19(28-3)18(27-2)9-15(17)14-10-20(25)23-21-16(14)12-22-24(21)13-7-5-4-6-8-13/h4-9,11-12,14H,10H2,1-3H3,(H,23,25). The van der Waals surface area contributed by atoms with Gasteiger partial charge >= 0.3 is 0 Å². The van der Waals surface area contributed by atoms with Crippen molar-refractivity contribution in [3.05, 3.63) is 59.8 Å². The number of anilines is 1. The van der Waals surface area contributed by atoms with Gasteiger partial charge in [-0.1, -0.05) is 18.2 Å². The Labute approximate surface area is 162 Å². The van der Waals surface area contributed by atoms with Crippen molar-refractivity contribution < 1.29 is 19.0 Å². The molecule has 0 saturated heterocycles. The first kappa shape index (κ1) is 17.9. The summed E-state index contributed by atoms with van der Waals surface area (Å²) in [6, 6.07) is 13.3. The lowest BCUT2D eigenvalue weighted by Gasteiger charge is -2.26. The summed E-state index contributed by atoms with van der Waals surface area (Å²) < 4.78 is 18.2. The van der Waals surface area contributed by atoms with E-state index in [1.807, 2.05) is 36.4 Å². The Morgan fingerprint density at radius 3 is 2.32 bits per heavy atom. The molecule has 1 aliphatic heterocycles. The molecule has 7 heteroatoms. The zero-order chi connectivity index (χ0) is 19.7. The molecule has 1 aromatic heterocycles. The van der Waals surface area contributed by atoms with E-state index in [2.05, 4.69) is 10.4 Å². The second kappa shape index (κ2) is 7.26. The molecule has 2 heterocycles. The second-order valence-corrected chi connectivity index (χ2v) is 6.45. The maximum absolute atomic E-state index is 12.5. The van der Waals surface area contributed by atoms with Gasteiger partial charge in [0.2, 0.25) is 5.91 Å².